The molecule has 7 heteroatoms. The molecule has 2 amide bonds. The van der Waals surface area contributed by atoms with Crippen LogP contribution < -0.4 is 10.6 Å². The number of aromatic nitrogens is 2. The fourth-order valence-corrected chi connectivity index (χ4v) is 3.53. The van der Waals surface area contributed by atoms with Crippen molar-refractivity contribution in [3.8, 4) is 5.69 Å². The molecule has 0 radical (unpaired) electrons. The largest absolute Gasteiger partial charge is 0.321 e. The highest BCUT2D eigenvalue weighted by atomic mass is 32.2. The zero-order chi connectivity index (χ0) is 20.2. The van der Waals surface area contributed by atoms with Crippen LogP contribution >= 0.6 is 11.8 Å². The Labute approximate surface area is 173 Å². The molecule has 1 fully saturated rings. The highest BCUT2D eigenvalue weighted by Gasteiger charge is 2.30. The molecule has 1 aliphatic carbocycles. The molecule has 1 aromatic heterocycles. The Bertz CT molecular complexity index is 1030. The van der Waals surface area contributed by atoms with Gasteiger partial charge in [-0.2, -0.15) is 16.9 Å². The van der Waals surface area contributed by atoms with Crippen molar-refractivity contribution in [2.24, 2.45) is 5.92 Å². The Morgan fingerprint density at radius 3 is 2.59 bits per heavy atom. The summed E-state index contributed by atoms with van der Waals surface area (Å²) in [6.45, 7) is 0. The van der Waals surface area contributed by atoms with Crippen LogP contribution in [0.2, 0.25) is 0 Å². The van der Waals surface area contributed by atoms with E-state index in [4.69, 9.17) is 0 Å². The Morgan fingerprint density at radius 2 is 1.86 bits per heavy atom. The predicted molar refractivity (Wildman–Crippen MR) is 117 cm³/mol. The van der Waals surface area contributed by atoms with Crippen LogP contribution in [0.15, 0.2) is 60.7 Å². The molecule has 1 heterocycles. The molecule has 4 rings (SSSR count). The molecule has 148 valence electrons. The summed E-state index contributed by atoms with van der Waals surface area (Å²) in [6.07, 6.45) is 3.86. The van der Waals surface area contributed by atoms with E-state index in [1.807, 2.05) is 60.9 Å². The Morgan fingerprint density at radius 1 is 1.07 bits per heavy atom. The van der Waals surface area contributed by atoms with Crippen molar-refractivity contribution in [3.05, 3.63) is 71.9 Å². The second-order valence-electron chi connectivity index (χ2n) is 7.01. The lowest BCUT2D eigenvalue weighted by Gasteiger charge is -2.08. The highest BCUT2D eigenvalue weighted by Crippen LogP contribution is 2.30. The molecule has 0 saturated heterocycles. The lowest BCUT2D eigenvalue weighted by molar-refractivity contribution is -0.117. The monoisotopic (exact) mass is 406 g/mol. The minimum Gasteiger partial charge on any atom is -0.321 e. The van der Waals surface area contributed by atoms with E-state index in [9.17, 15) is 9.59 Å². The SMILES string of the molecule is CSCc1cccc(NC(=O)c2cc(NC(=O)C3CC3)n(-c3ccccc3)n2)c1. The van der Waals surface area contributed by atoms with E-state index in [1.54, 1.807) is 22.5 Å². The topological polar surface area (TPSA) is 76.0 Å². The number of carbonyl (C=O) groups excluding carboxylic acids is 2. The van der Waals surface area contributed by atoms with Gasteiger partial charge in [0.2, 0.25) is 5.91 Å². The van der Waals surface area contributed by atoms with Gasteiger partial charge in [0.05, 0.1) is 5.69 Å². The summed E-state index contributed by atoms with van der Waals surface area (Å²) in [7, 11) is 0. The molecule has 0 spiro atoms. The van der Waals surface area contributed by atoms with Gasteiger partial charge in [-0.1, -0.05) is 30.3 Å². The molecule has 2 N–H and O–H groups in total. The molecule has 29 heavy (non-hydrogen) atoms. The van der Waals surface area contributed by atoms with Gasteiger partial charge in [0.15, 0.2) is 5.69 Å². The van der Waals surface area contributed by atoms with E-state index >= 15 is 0 Å². The van der Waals surface area contributed by atoms with Crippen molar-refractivity contribution in [1.82, 2.24) is 9.78 Å². The number of nitrogens with zero attached hydrogens (tertiary/aromatic N) is 2. The van der Waals surface area contributed by atoms with Gasteiger partial charge in [-0.25, -0.2) is 4.68 Å². The standard InChI is InChI=1S/C22H22N4O2S/c1-29-14-15-6-5-7-17(12-15)23-22(28)19-13-20(24-21(27)16-10-11-16)26(25-19)18-8-3-2-4-9-18/h2-9,12-13,16H,10-11,14H2,1H3,(H,23,28)(H,24,27). The minimum absolute atomic E-state index is 0.0289. The second-order valence-corrected chi connectivity index (χ2v) is 7.88. The number of carbonyl (C=O) groups is 2. The zero-order valence-electron chi connectivity index (χ0n) is 16.1. The molecule has 0 aliphatic heterocycles. The summed E-state index contributed by atoms with van der Waals surface area (Å²) >= 11 is 1.73. The number of nitrogens with one attached hydrogen (secondary N) is 2. The van der Waals surface area contributed by atoms with Crippen LogP contribution in [0.4, 0.5) is 11.5 Å². The van der Waals surface area contributed by atoms with Gasteiger partial charge in [0.25, 0.3) is 5.91 Å². The highest BCUT2D eigenvalue weighted by molar-refractivity contribution is 7.97. The number of amides is 2. The molecule has 0 bridgehead atoms. The second kappa shape index (κ2) is 8.53. The van der Waals surface area contributed by atoms with Crippen LogP contribution in [0.3, 0.4) is 0 Å². The predicted octanol–water partition coefficient (Wildman–Crippen LogP) is 4.34. The van der Waals surface area contributed by atoms with Crippen molar-refractivity contribution < 1.29 is 9.59 Å². The summed E-state index contributed by atoms with van der Waals surface area (Å²) in [4.78, 5) is 25.1. The first-order valence-electron chi connectivity index (χ1n) is 9.49. The van der Waals surface area contributed by atoms with Gasteiger partial charge >= 0.3 is 0 Å². The number of rotatable bonds is 7. The molecular formula is C22H22N4O2S. The van der Waals surface area contributed by atoms with Crippen LogP contribution in [-0.4, -0.2) is 27.9 Å². The maximum atomic E-state index is 12.8. The molecule has 0 atom stereocenters. The average molecular weight is 407 g/mol. The van der Waals surface area contributed by atoms with Crippen molar-refractivity contribution in [2.75, 3.05) is 16.9 Å². The Hall–Kier alpha value is -3.06. The Kier molecular flexibility index (Phi) is 5.67. The van der Waals surface area contributed by atoms with Crippen LogP contribution in [0.1, 0.15) is 28.9 Å². The maximum Gasteiger partial charge on any atom is 0.276 e. The third kappa shape index (κ3) is 4.68. The average Bonchev–Trinajstić information content (AvgIpc) is 3.50. The summed E-state index contributed by atoms with van der Waals surface area (Å²) in [5.41, 5.74) is 2.89. The van der Waals surface area contributed by atoms with Gasteiger partial charge in [-0.3, -0.25) is 9.59 Å². The van der Waals surface area contributed by atoms with E-state index in [1.165, 1.54) is 0 Å². The molecule has 6 nitrogen and oxygen atoms in total. The Balaban J connectivity index is 1.59. The third-order valence-electron chi connectivity index (χ3n) is 4.64. The number of hydrogen-bond donors (Lipinski definition) is 2. The van der Waals surface area contributed by atoms with E-state index in [0.29, 0.717) is 5.82 Å². The van der Waals surface area contributed by atoms with Crippen molar-refractivity contribution in [2.45, 2.75) is 18.6 Å². The summed E-state index contributed by atoms with van der Waals surface area (Å²) in [5.74, 6) is 1.09. The summed E-state index contributed by atoms with van der Waals surface area (Å²) < 4.78 is 1.60. The normalized spacial score (nSPS) is 13.1. The maximum absolute atomic E-state index is 12.8. The van der Waals surface area contributed by atoms with Crippen LogP contribution in [0.25, 0.3) is 5.69 Å². The lowest BCUT2D eigenvalue weighted by atomic mass is 10.2. The van der Waals surface area contributed by atoms with Crippen molar-refractivity contribution >= 4 is 35.1 Å². The van der Waals surface area contributed by atoms with Gasteiger partial charge in [0, 0.05) is 23.4 Å². The number of thioether (sulfide) groups is 1. The number of benzene rings is 2. The van der Waals surface area contributed by atoms with E-state index in [-0.39, 0.29) is 23.4 Å². The van der Waals surface area contributed by atoms with E-state index in [2.05, 4.69) is 15.7 Å². The smallest absolute Gasteiger partial charge is 0.276 e. The summed E-state index contributed by atoms with van der Waals surface area (Å²) in [6, 6.07) is 18.8. The van der Waals surface area contributed by atoms with Crippen molar-refractivity contribution in [3.63, 3.8) is 0 Å². The molecular weight excluding hydrogens is 384 g/mol. The fraction of sp³-hybridized carbons (Fsp3) is 0.227. The third-order valence-corrected chi connectivity index (χ3v) is 5.26. The number of para-hydroxylation sites is 1. The zero-order valence-corrected chi connectivity index (χ0v) is 16.9. The summed E-state index contributed by atoms with van der Waals surface area (Å²) in [5, 5.41) is 10.3. The quantitative estimate of drug-likeness (QED) is 0.612. The van der Waals surface area contributed by atoms with E-state index < -0.39 is 0 Å². The molecule has 2 aromatic carbocycles. The van der Waals surface area contributed by atoms with E-state index in [0.717, 1.165) is 35.5 Å². The molecule has 3 aromatic rings. The number of hydrogen-bond acceptors (Lipinski definition) is 4. The molecule has 1 aliphatic rings. The van der Waals surface area contributed by atoms with Gasteiger partial charge in [0.1, 0.15) is 5.82 Å². The first-order chi connectivity index (χ1) is 14.1. The van der Waals surface area contributed by atoms with Crippen LogP contribution in [-0.2, 0) is 10.5 Å². The number of anilines is 2. The van der Waals surface area contributed by atoms with Gasteiger partial charge in [-0.05, 0) is 48.9 Å². The van der Waals surface area contributed by atoms with Crippen molar-refractivity contribution in [1.29, 1.82) is 0 Å². The first kappa shape index (κ1) is 19.3. The van der Waals surface area contributed by atoms with Crippen LogP contribution in [0.5, 0.6) is 0 Å². The van der Waals surface area contributed by atoms with Gasteiger partial charge < -0.3 is 10.6 Å². The van der Waals surface area contributed by atoms with Gasteiger partial charge in [-0.15, -0.1) is 0 Å². The van der Waals surface area contributed by atoms with Crippen LogP contribution in [0, 0.1) is 5.92 Å². The molecule has 1 saturated carbocycles. The minimum atomic E-state index is -0.317. The fourth-order valence-electron chi connectivity index (χ4n) is 3.02. The molecule has 0 unspecified atom stereocenters. The first-order valence-corrected chi connectivity index (χ1v) is 10.9. The lowest BCUT2D eigenvalue weighted by Crippen LogP contribution is -2.16.